The fourth-order valence-electron chi connectivity index (χ4n) is 3.29. The molecule has 0 spiro atoms. The molecule has 0 bridgehead atoms. The number of fused-ring (bicyclic) bond motifs is 1. The normalized spacial score (nSPS) is 14.0. The van der Waals surface area contributed by atoms with Crippen LogP contribution in [0.2, 0.25) is 0 Å². The number of hydrogen-bond acceptors (Lipinski definition) is 4. The molecule has 0 saturated carbocycles. The third-order valence-electron chi connectivity index (χ3n) is 5.30. The maximum absolute atomic E-state index is 13.0. The molecule has 0 unspecified atom stereocenters. The van der Waals surface area contributed by atoms with Crippen molar-refractivity contribution in [2.24, 2.45) is 5.41 Å². The standard InChI is InChI=1S/C22H26FN3O4S/c1-15(27)26-12-11-19-16(13-26)5-4-6-20(19)31(29,30)25-18-9-7-17(8-10-18)24-21(28)22(2,3)14-23/h4-10,25H,11-14H2,1-3H3,(H,24,28). The summed E-state index contributed by atoms with van der Waals surface area (Å²) >= 11 is 0. The molecule has 7 nitrogen and oxygen atoms in total. The van der Waals surface area contributed by atoms with Crippen LogP contribution in [0, 0.1) is 5.41 Å². The average Bonchev–Trinajstić information content (AvgIpc) is 2.73. The van der Waals surface area contributed by atoms with Gasteiger partial charge in [0.05, 0.1) is 10.3 Å². The zero-order valence-corrected chi connectivity index (χ0v) is 18.6. The van der Waals surface area contributed by atoms with Gasteiger partial charge in [0.15, 0.2) is 0 Å². The van der Waals surface area contributed by atoms with Crippen LogP contribution in [0.5, 0.6) is 0 Å². The van der Waals surface area contributed by atoms with Gasteiger partial charge in [-0.2, -0.15) is 0 Å². The van der Waals surface area contributed by atoms with Crippen molar-refractivity contribution in [1.29, 1.82) is 0 Å². The van der Waals surface area contributed by atoms with E-state index in [1.165, 1.54) is 32.9 Å². The Labute approximate surface area is 181 Å². The van der Waals surface area contributed by atoms with E-state index in [4.69, 9.17) is 0 Å². The first-order valence-corrected chi connectivity index (χ1v) is 11.4. The predicted molar refractivity (Wildman–Crippen MR) is 117 cm³/mol. The molecule has 9 heteroatoms. The van der Waals surface area contributed by atoms with Crippen molar-refractivity contribution < 1.29 is 22.4 Å². The van der Waals surface area contributed by atoms with Crippen molar-refractivity contribution in [3.05, 3.63) is 53.6 Å². The number of benzene rings is 2. The molecule has 2 aromatic carbocycles. The fraction of sp³-hybridized carbons (Fsp3) is 0.364. The van der Waals surface area contributed by atoms with Crippen LogP contribution in [0.1, 0.15) is 31.9 Å². The number of nitrogens with zero attached hydrogens (tertiary/aromatic N) is 1. The van der Waals surface area contributed by atoms with E-state index in [1.807, 2.05) is 6.07 Å². The summed E-state index contributed by atoms with van der Waals surface area (Å²) in [5, 5.41) is 2.62. The van der Waals surface area contributed by atoms with Gasteiger partial charge in [-0.25, -0.2) is 12.8 Å². The minimum Gasteiger partial charge on any atom is -0.338 e. The number of rotatable bonds is 6. The van der Waals surface area contributed by atoms with Crippen LogP contribution in [-0.2, 0) is 32.6 Å². The molecule has 1 aliphatic rings. The molecule has 2 amide bonds. The number of hydrogen-bond donors (Lipinski definition) is 2. The zero-order chi connectivity index (χ0) is 22.8. The summed E-state index contributed by atoms with van der Waals surface area (Å²) in [7, 11) is -3.85. The maximum atomic E-state index is 13.0. The number of alkyl halides is 1. The van der Waals surface area contributed by atoms with Crippen molar-refractivity contribution in [3.8, 4) is 0 Å². The maximum Gasteiger partial charge on any atom is 0.262 e. The Morgan fingerprint density at radius 1 is 1.10 bits per heavy atom. The molecule has 0 radical (unpaired) electrons. The highest BCUT2D eigenvalue weighted by Crippen LogP contribution is 2.28. The number of sulfonamides is 1. The third-order valence-corrected chi connectivity index (χ3v) is 6.77. The van der Waals surface area contributed by atoms with E-state index in [2.05, 4.69) is 10.0 Å². The molecule has 0 atom stereocenters. The fourth-order valence-corrected chi connectivity index (χ4v) is 4.66. The Morgan fingerprint density at radius 2 is 1.74 bits per heavy atom. The summed E-state index contributed by atoms with van der Waals surface area (Å²) in [4.78, 5) is 25.6. The van der Waals surface area contributed by atoms with Gasteiger partial charge in [0.25, 0.3) is 10.0 Å². The van der Waals surface area contributed by atoms with Crippen molar-refractivity contribution in [3.63, 3.8) is 0 Å². The van der Waals surface area contributed by atoms with Crippen LogP contribution in [0.4, 0.5) is 15.8 Å². The van der Waals surface area contributed by atoms with Crippen molar-refractivity contribution in [1.82, 2.24) is 4.90 Å². The topological polar surface area (TPSA) is 95.6 Å². The molecule has 1 aliphatic heterocycles. The van der Waals surface area contributed by atoms with E-state index in [0.717, 1.165) is 5.56 Å². The van der Waals surface area contributed by atoms with E-state index in [0.29, 0.717) is 36.4 Å². The molecule has 166 valence electrons. The van der Waals surface area contributed by atoms with Gasteiger partial charge < -0.3 is 10.2 Å². The van der Waals surface area contributed by atoms with E-state index in [-0.39, 0.29) is 10.8 Å². The highest BCUT2D eigenvalue weighted by molar-refractivity contribution is 7.92. The van der Waals surface area contributed by atoms with Crippen LogP contribution in [0.3, 0.4) is 0 Å². The second-order valence-corrected chi connectivity index (χ2v) is 9.89. The van der Waals surface area contributed by atoms with E-state index in [9.17, 15) is 22.4 Å². The molecule has 0 aromatic heterocycles. The van der Waals surface area contributed by atoms with Gasteiger partial charge in [-0.15, -0.1) is 0 Å². The summed E-state index contributed by atoms with van der Waals surface area (Å²) in [5.41, 5.74) is 1.16. The lowest BCUT2D eigenvalue weighted by molar-refractivity contribution is -0.129. The van der Waals surface area contributed by atoms with E-state index < -0.39 is 28.0 Å². The lowest BCUT2D eigenvalue weighted by Gasteiger charge is -2.29. The zero-order valence-electron chi connectivity index (χ0n) is 17.7. The van der Waals surface area contributed by atoms with Gasteiger partial charge in [0.1, 0.15) is 6.67 Å². The largest absolute Gasteiger partial charge is 0.338 e. The minimum atomic E-state index is -3.85. The van der Waals surface area contributed by atoms with Crippen LogP contribution in [0.25, 0.3) is 0 Å². The monoisotopic (exact) mass is 447 g/mol. The van der Waals surface area contributed by atoms with Crippen LogP contribution < -0.4 is 10.0 Å². The number of anilines is 2. The molecular formula is C22H26FN3O4S. The third kappa shape index (κ3) is 5.04. The summed E-state index contributed by atoms with van der Waals surface area (Å²) in [6.45, 7) is 4.57. The number of carbonyl (C=O) groups excluding carboxylic acids is 2. The molecular weight excluding hydrogens is 421 g/mol. The average molecular weight is 448 g/mol. The Morgan fingerprint density at radius 3 is 2.35 bits per heavy atom. The van der Waals surface area contributed by atoms with Crippen molar-refractivity contribution in [2.45, 2.75) is 38.6 Å². The first kappa shape index (κ1) is 22.7. The number of amides is 2. The second-order valence-electron chi connectivity index (χ2n) is 8.24. The van der Waals surface area contributed by atoms with Gasteiger partial charge >= 0.3 is 0 Å². The first-order chi connectivity index (χ1) is 14.5. The Kier molecular flexibility index (Phi) is 6.35. The molecule has 2 aromatic rings. The SMILES string of the molecule is CC(=O)N1CCc2c(cccc2S(=O)(=O)Nc2ccc(NC(=O)C(C)(C)CF)cc2)C1. The quantitative estimate of drug-likeness (QED) is 0.710. The highest BCUT2D eigenvalue weighted by Gasteiger charge is 2.28. The van der Waals surface area contributed by atoms with Crippen LogP contribution in [-0.4, -0.2) is 38.4 Å². The van der Waals surface area contributed by atoms with Crippen molar-refractivity contribution in [2.75, 3.05) is 23.3 Å². The number of carbonyl (C=O) groups is 2. The first-order valence-electron chi connectivity index (χ1n) is 9.90. The predicted octanol–water partition coefficient (Wildman–Crippen LogP) is 3.33. The van der Waals surface area contributed by atoms with Gasteiger partial charge in [-0.3, -0.25) is 14.3 Å². The van der Waals surface area contributed by atoms with Gasteiger partial charge in [0, 0.05) is 31.4 Å². The molecule has 2 N–H and O–H groups in total. The second kappa shape index (κ2) is 8.66. The van der Waals surface area contributed by atoms with Gasteiger partial charge in [0.2, 0.25) is 11.8 Å². The highest BCUT2D eigenvalue weighted by atomic mass is 32.2. The lowest BCUT2D eigenvalue weighted by atomic mass is 9.94. The molecule has 1 heterocycles. The minimum absolute atomic E-state index is 0.0425. The molecule has 0 saturated heterocycles. The molecule has 0 fully saturated rings. The number of nitrogens with one attached hydrogen (secondary N) is 2. The van der Waals surface area contributed by atoms with Gasteiger partial charge in [-0.1, -0.05) is 12.1 Å². The molecule has 0 aliphatic carbocycles. The summed E-state index contributed by atoms with van der Waals surface area (Å²) in [6, 6.07) is 11.2. The van der Waals surface area contributed by atoms with Crippen LogP contribution in [0.15, 0.2) is 47.4 Å². The van der Waals surface area contributed by atoms with Crippen molar-refractivity contribution >= 4 is 33.2 Å². The summed E-state index contributed by atoms with van der Waals surface area (Å²) < 4.78 is 41.6. The van der Waals surface area contributed by atoms with Crippen LogP contribution >= 0.6 is 0 Å². The summed E-state index contributed by atoms with van der Waals surface area (Å²) in [6.07, 6.45) is 0.460. The molecule has 31 heavy (non-hydrogen) atoms. The Balaban J connectivity index is 1.77. The smallest absolute Gasteiger partial charge is 0.262 e. The van der Waals surface area contributed by atoms with E-state index in [1.54, 1.807) is 29.2 Å². The van der Waals surface area contributed by atoms with Gasteiger partial charge in [-0.05, 0) is 61.7 Å². The summed E-state index contributed by atoms with van der Waals surface area (Å²) in [5.74, 6) is -0.502. The molecule has 3 rings (SSSR count). The Bertz CT molecular complexity index is 1100. The van der Waals surface area contributed by atoms with E-state index >= 15 is 0 Å². The lowest BCUT2D eigenvalue weighted by Crippen LogP contribution is -2.35. The Hall–Kier alpha value is -2.94. The number of halogens is 1.